The van der Waals surface area contributed by atoms with Crippen molar-refractivity contribution in [2.75, 3.05) is 7.05 Å². The van der Waals surface area contributed by atoms with Gasteiger partial charge in [-0.15, -0.1) is 0 Å². The molecule has 23 heavy (non-hydrogen) atoms. The zero-order valence-electron chi connectivity index (χ0n) is 12.8. The van der Waals surface area contributed by atoms with Crippen molar-refractivity contribution in [2.24, 2.45) is 0 Å². The lowest BCUT2D eigenvalue weighted by atomic mass is 10.1. The lowest BCUT2D eigenvalue weighted by molar-refractivity contribution is 0.597. The summed E-state index contributed by atoms with van der Waals surface area (Å²) < 4.78 is 27.3. The smallest absolute Gasteiger partial charge is 0.233 e. The molecule has 0 bridgehead atoms. The summed E-state index contributed by atoms with van der Waals surface area (Å²) in [5.41, 5.74) is 3.23. The first-order valence-electron chi connectivity index (χ1n) is 7.32. The van der Waals surface area contributed by atoms with E-state index >= 15 is 0 Å². The highest BCUT2D eigenvalue weighted by atomic mass is 32.2. The van der Waals surface area contributed by atoms with Crippen molar-refractivity contribution in [2.45, 2.75) is 6.54 Å². The molecule has 1 heterocycles. The summed E-state index contributed by atoms with van der Waals surface area (Å²) in [6.45, 7) is 0.813. The van der Waals surface area contributed by atoms with Crippen molar-refractivity contribution in [1.29, 1.82) is 0 Å². The van der Waals surface area contributed by atoms with Crippen LogP contribution in [0.2, 0.25) is 0 Å². The third kappa shape index (κ3) is 3.70. The molecule has 0 amide bonds. The van der Waals surface area contributed by atoms with E-state index in [9.17, 15) is 8.42 Å². The summed E-state index contributed by atoms with van der Waals surface area (Å²) in [7, 11) is -1.95. The van der Waals surface area contributed by atoms with Crippen LogP contribution in [0.5, 0.6) is 0 Å². The minimum absolute atomic E-state index is 0.813. The Hall–Kier alpha value is -2.37. The number of sulfonamides is 1. The van der Waals surface area contributed by atoms with E-state index in [0.29, 0.717) is 0 Å². The molecule has 1 N–H and O–H groups in total. The molecule has 0 aliphatic carbocycles. The normalized spacial score (nSPS) is 12.2. The van der Waals surface area contributed by atoms with E-state index < -0.39 is 10.0 Å². The van der Waals surface area contributed by atoms with Crippen molar-refractivity contribution in [1.82, 2.24) is 9.29 Å². The summed E-state index contributed by atoms with van der Waals surface area (Å²) in [6.07, 6.45) is 3.65. The standard InChI is InChI=1S/C18H18N2O2S/c1-19-23(21,22)12-10-15-7-8-18-17(13-15)9-11-20(18)14-16-5-3-2-4-6-16/h2-13,19H,14H2,1H3. The van der Waals surface area contributed by atoms with Gasteiger partial charge in [-0.3, -0.25) is 0 Å². The third-order valence-electron chi connectivity index (χ3n) is 3.71. The molecule has 5 heteroatoms. The van der Waals surface area contributed by atoms with E-state index in [1.54, 1.807) is 6.08 Å². The van der Waals surface area contributed by atoms with E-state index in [-0.39, 0.29) is 0 Å². The number of aromatic nitrogens is 1. The second kappa shape index (κ2) is 6.40. The fourth-order valence-electron chi connectivity index (χ4n) is 2.48. The zero-order valence-corrected chi connectivity index (χ0v) is 13.6. The number of nitrogens with one attached hydrogen (secondary N) is 1. The first-order valence-corrected chi connectivity index (χ1v) is 8.86. The van der Waals surface area contributed by atoms with Crippen LogP contribution < -0.4 is 4.72 Å². The topological polar surface area (TPSA) is 51.1 Å². The van der Waals surface area contributed by atoms with E-state index in [4.69, 9.17) is 0 Å². The Balaban J connectivity index is 1.88. The Labute approximate surface area is 136 Å². The van der Waals surface area contributed by atoms with Crippen LogP contribution in [0.4, 0.5) is 0 Å². The van der Waals surface area contributed by atoms with Gasteiger partial charge in [0.15, 0.2) is 0 Å². The molecular formula is C18H18N2O2S. The van der Waals surface area contributed by atoms with Crippen LogP contribution in [0.15, 0.2) is 66.2 Å². The molecule has 1 aromatic heterocycles. The molecule has 3 rings (SSSR count). The van der Waals surface area contributed by atoms with Crippen LogP contribution in [0.25, 0.3) is 17.0 Å². The highest BCUT2D eigenvalue weighted by Gasteiger charge is 2.03. The lowest BCUT2D eigenvalue weighted by Crippen LogP contribution is -2.14. The van der Waals surface area contributed by atoms with Gasteiger partial charge in [0.05, 0.1) is 0 Å². The van der Waals surface area contributed by atoms with Crippen LogP contribution in [0.3, 0.4) is 0 Å². The Bertz CT molecular complexity index is 942. The second-order valence-electron chi connectivity index (χ2n) is 5.30. The van der Waals surface area contributed by atoms with Gasteiger partial charge in [-0.05, 0) is 42.4 Å². The average Bonchev–Trinajstić information content (AvgIpc) is 2.96. The van der Waals surface area contributed by atoms with Crippen molar-refractivity contribution >= 4 is 27.0 Å². The molecule has 0 atom stereocenters. The Morgan fingerprint density at radius 1 is 1.09 bits per heavy atom. The molecule has 0 saturated heterocycles. The van der Waals surface area contributed by atoms with E-state index in [1.165, 1.54) is 18.0 Å². The molecule has 4 nitrogen and oxygen atoms in total. The van der Waals surface area contributed by atoms with Gasteiger partial charge in [0.2, 0.25) is 10.0 Å². The van der Waals surface area contributed by atoms with Crippen LogP contribution in [-0.4, -0.2) is 20.0 Å². The number of rotatable bonds is 5. The Kier molecular flexibility index (Phi) is 4.32. The summed E-state index contributed by atoms with van der Waals surface area (Å²) in [5, 5.41) is 2.26. The monoisotopic (exact) mass is 326 g/mol. The van der Waals surface area contributed by atoms with Crippen molar-refractivity contribution in [3.63, 3.8) is 0 Å². The van der Waals surface area contributed by atoms with Gasteiger partial charge in [0.1, 0.15) is 0 Å². The quantitative estimate of drug-likeness (QED) is 0.783. The van der Waals surface area contributed by atoms with Crippen molar-refractivity contribution in [3.05, 3.63) is 77.3 Å². The molecule has 118 valence electrons. The molecule has 0 aliphatic heterocycles. The molecular weight excluding hydrogens is 308 g/mol. The van der Waals surface area contributed by atoms with Crippen LogP contribution >= 0.6 is 0 Å². The largest absolute Gasteiger partial charge is 0.343 e. The third-order valence-corrected chi connectivity index (χ3v) is 4.78. The number of hydrogen-bond acceptors (Lipinski definition) is 2. The number of nitrogens with zero attached hydrogens (tertiary/aromatic N) is 1. The first-order chi connectivity index (χ1) is 11.1. The van der Waals surface area contributed by atoms with Gasteiger partial charge < -0.3 is 4.57 Å². The van der Waals surface area contributed by atoms with Crippen LogP contribution in [0.1, 0.15) is 11.1 Å². The molecule has 0 radical (unpaired) electrons. The molecule has 2 aromatic carbocycles. The fourth-order valence-corrected chi connectivity index (χ4v) is 2.95. The van der Waals surface area contributed by atoms with Crippen molar-refractivity contribution in [3.8, 4) is 0 Å². The minimum Gasteiger partial charge on any atom is -0.343 e. The number of benzene rings is 2. The summed E-state index contributed by atoms with van der Waals surface area (Å²) in [4.78, 5) is 0. The Morgan fingerprint density at radius 2 is 1.87 bits per heavy atom. The Morgan fingerprint density at radius 3 is 2.61 bits per heavy atom. The second-order valence-corrected chi connectivity index (χ2v) is 7.07. The van der Waals surface area contributed by atoms with E-state index in [1.807, 2.05) is 42.5 Å². The maximum absolute atomic E-state index is 11.4. The highest BCUT2D eigenvalue weighted by Crippen LogP contribution is 2.20. The highest BCUT2D eigenvalue weighted by molar-refractivity contribution is 7.92. The molecule has 0 unspecified atom stereocenters. The predicted molar refractivity (Wildman–Crippen MR) is 94.5 cm³/mol. The minimum atomic E-state index is -3.34. The fraction of sp³-hybridized carbons (Fsp3) is 0.111. The van der Waals surface area contributed by atoms with Gasteiger partial charge in [-0.2, -0.15) is 0 Å². The number of fused-ring (bicyclic) bond motifs is 1. The molecule has 0 fully saturated rings. The lowest BCUT2D eigenvalue weighted by Gasteiger charge is -2.06. The molecule has 0 aliphatic rings. The van der Waals surface area contributed by atoms with Gasteiger partial charge in [0, 0.05) is 29.1 Å². The average molecular weight is 326 g/mol. The van der Waals surface area contributed by atoms with Gasteiger partial charge in [-0.25, -0.2) is 13.1 Å². The van der Waals surface area contributed by atoms with E-state index in [2.05, 4.69) is 27.6 Å². The van der Waals surface area contributed by atoms with Crippen LogP contribution in [-0.2, 0) is 16.6 Å². The van der Waals surface area contributed by atoms with Gasteiger partial charge >= 0.3 is 0 Å². The molecule has 0 saturated carbocycles. The molecule has 0 spiro atoms. The summed E-state index contributed by atoms with van der Waals surface area (Å²) >= 11 is 0. The van der Waals surface area contributed by atoms with Gasteiger partial charge in [-0.1, -0.05) is 36.4 Å². The summed E-state index contributed by atoms with van der Waals surface area (Å²) in [5.74, 6) is 0. The SMILES string of the molecule is CNS(=O)(=O)C=Cc1ccc2c(ccn2Cc2ccccc2)c1. The molecule has 3 aromatic rings. The zero-order chi connectivity index (χ0) is 16.3. The van der Waals surface area contributed by atoms with Crippen molar-refractivity contribution < 1.29 is 8.42 Å². The van der Waals surface area contributed by atoms with E-state index in [0.717, 1.165) is 23.0 Å². The van der Waals surface area contributed by atoms with Crippen LogP contribution in [0, 0.1) is 0 Å². The summed E-state index contributed by atoms with van der Waals surface area (Å²) in [6, 6.07) is 18.3. The van der Waals surface area contributed by atoms with Gasteiger partial charge in [0.25, 0.3) is 0 Å². The first kappa shape index (κ1) is 15.5. The maximum atomic E-state index is 11.4. The maximum Gasteiger partial charge on any atom is 0.233 e. The number of hydrogen-bond donors (Lipinski definition) is 1. The predicted octanol–water partition coefficient (Wildman–Crippen LogP) is 3.21.